The number of ether oxygens (including phenoxy) is 1. The van der Waals surface area contributed by atoms with E-state index >= 15 is 0 Å². The summed E-state index contributed by atoms with van der Waals surface area (Å²) in [4.78, 5) is 28.8. The van der Waals surface area contributed by atoms with Gasteiger partial charge < -0.3 is 10.1 Å². The molecule has 0 radical (unpaired) electrons. The minimum atomic E-state index is -0.0544. The van der Waals surface area contributed by atoms with Gasteiger partial charge in [-0.3, -0.25) is 14.2 Å². The second-order valence-electron chi connectivity index (χ2n) is 5.66. The van der Waals surface area contributed by atoms with Gasteiger partial charge in [0.15, 0.2) is 0 Å². The molecule has 2 aromatic rings. The molecular weight excluding hydrogens is 294 g/mol. The number of amides is 1. The summed E-state index contributed by atoms with van der Waals surface area (Å²) < 4.78 is 6.62. The highest BCUT2D eigenvalue weighted by molar-refractivity contribution is 5.77. The Labute approximate surface area is 135 Å². The second-order valence-corrected chi connectivity index (χ2v) is 5.66. The van der Waals surface area contributed by atoms with Crippen LogP contribution in [0.15, 0.2) is 29.1 Å². The molecule has 0 saturated heterocycles. The Balaban J connectivity index is 2.00. The Morgan fingerprint density at radius 1 is 1.39 bits per heavy atom. The summed E-state index contributed by atoms with van der Waals surface area (Å²) in [5.41, 5.74) is 0.652. The Bertz CT molecular complexity index is 739. The van der Waals surface area contributed by atoms with Crippen LogP contribution >= 0.6 is 0 Å². The summed E-state index contributed by atoms with van der Waals surface area (Å²) in [6.07, 6.45) is 0.957. The van der Waals surface area contributed by atoms with Gasteiger partial charge in [0.2, 0.25) is 5.91 Å². The number of fused-ring (bicyclic) bond motifs is 1. The van der Waals surface area contributed by atoms with Crippen LogP contribution in [0.3, 0.4) is 0 Å². The molecule has 1 amide bonds. The first-order chi connectivity index (χ1) is 11.0. The lowest BCUT2D eigenvalue weighted by Crippen LogP contribution is -2.35. The molecule has 1 atom stereocenters. The molecule has 0 fully saturated rings. The Kier molecular flexibility index (Phi) is 5.87. The zero-order valence-corrected chi connectivity index (χ0v) is 13.8. The van der Waals surface area contributed by atoms with E-state index in [1.54, 1.807) is 17.7 Å². The van der Waals surface area contributed by atoms with E-state index < -0.39 is 0 Å². The lowest BCUT2D eigenvalue weighted by molar-refractivity contribution is -0.122. The fourth-order valence-electron chi connectivity index (χ4n) is 2.58. The number of carbonyl (C=O) groups excluding carboxylic acids is 1. The van der Waals surface area contributed by atoms with Crippen molar-refractivity contribution in [2.75, 3.05) is 13.7 Å². The first kappa shape index (κ1) is 17.1. The van der Waals surface area contributed by atoms with Crippen LogP contribution in [-0.2, 0) is 16.1 Å². The van der Waals surface area contributed by atoms with Gasteiger partial charge in [-0.25, -0.2) is 4.98 Å². The maximum Gasteiger partial charge on any atom is 0.261 e. The molecule has 2 rings (SSSR count). The molecule has 0 bridgehead atoms. The molecule has 0 saturated carbocycles. The summed E-state index contributed by atoms with van der Waals surface area (Å²) in [6, 6.07) is 7.29. The summed E-state index contributed by atoms with van der Waals surface area (Å²) in [5, 5.41) is 3.47. The highest BCUT2D eigenvalue weighted by atomic mass is 16.5. The van der Waals surface area contributed by atoms with Gasteiger partial charge in [-0.05, 0) is 32.4 Å². The molecule has 1 aromatic carbocycles. The van der Waals surface area contributed by atoms with E-state index in [0.717, 1.165) is 0 Å². The van der Waals surface area contributed by atoms with Crippen molar-refractivity contribution >= 4 is 16.8 Å². The minimum absolute atomic E-state index is 0.0145. The van der Waals surface area contributed by atoms with Gasteiger partial charge in [-0.1, -0.05) is 12.1 Å². The molecule has 23 heavy (non-hydrogen) atoms. The van der Waals surface area contributed by atoms with E-state index in [1.165, 1.54) is 0 Å². The van der Waals surface area contributed by atoms with Crippen LogP contribution in [0.2, 0.25) is 0 Å². The van der Waals surface area contributed by atoms with Crippen LogP contribution in [0.4, 0.5) is 0 Å². The predicted octanol–water partition coefficient (Wildman–Crippen LogP) is 1.64. The van der Waals surface area contributed by atoms with E-state index in [4.69, 9.17) is 4.74 Å². The van der Waals surface area contributed by atoms with Crippen molar-refractivity contribution in [3.8, 4) is 0 Å². The van der Waals surface area contributed by atoms with E-state index in [0.29, 0.717) is 42.7 Å². The molecule has 0 aliphatic carbocycles. The molecular formula is C17H23N3O3. The largest absolute Gasteiger partial charge is 0.383 e. The van der Waals surface area contributed by atoms with Crippen molar-refractivity contribution in [2.45, 2.75) is 39.3 Å². The van der Waals surface area contributed by atoms with Crippen molar-refractivity contribution in [3.05, 3.63) is 40.4 Å². The van der Waals surface area contributed by atoms with E-state index in [2.05, 4.69) is 10.3 Å². The molecule has 1 aromatic heterocycles. The van der Waals surface area contributed by atoms with Crippen molar-refractivity contribution < 1.29 is 9.53 Å². The van der Waals surface area contributed by atoms with Crippen LogP contribution in [0, 0.1) is 6.92 Å². The number of hydrogen-bond acceptors (Lipinski definition) is 4. The quantitative estimate of drug-likeness (QED) is 0.842. The molecule has 1 N–H and O–H groups in total. The van der Waals surface area contributed by atoms with E-state index in [1.807, 2.05) is 32.0 Å². The number of nitrogens with one attached hydrogen (secondary N) is 1. The number of carbonyl (C=O) groups is 1. The van der Waals surface area contributed by atoms with E-state index in [9.17, 15) is 9.59 Å². The fraction of sp³-hybridized carbons (Fsp3) is 0.471. The Morgan fingerprint density at radius 3 is 2.87 bits per heavy atom. The van der Waals surface area contributed by atoms with Crippen molar-refractivity contribution in [1.82, 2.24) is 14.9 Å². The molecule has 0 aliphatic heterocycles. The lowest BCUT2D eigenvalue weighted by Gasteiger charge is -2.13. The third-order valence-corrected chi connectivity index (χ3v) is 3.66. The zero-order chi connectivity index (χ0) is 16.8. The molecule has 1 heterocycles. The van der Waals surface area contributed by atoms with Gasteiger partial charge >= 0.3 is 0 Å². The highest BCUT2D eigenvalue weighted by Crippen LogP contribution is 2.08. The minimum Gasteiger partial charge on any atom is -0.383 e. The third-order valence-electron chi connectivity index (χ3n) is 3.66. The van der Waals surface area contributed by atoms with Gasteiger partial charge in [0, 0.05) is 26.1 Å². The Hall–Kier alpha value is -2.21. The predicted molar refractivity (Wildman–Crippen MR) is 89.5 cm³/mol. The number of nitrogens with zero attached hydrogens (tertiary/aromatic N) is 2. The number of aromatic nitrogens is 2. The van der Waals surface area contributed by atoms with Crippen molar-refractivity contribution in [3.63, 3.8) is 0 Å². The second kappa shape index (κ2) is 7.87. The number of para-hydroxylation sites is 1. The monoisotopic (exact) mass is 317 g/mol. The van der Waals surface area contributed by atoms with Crippen LogP contribution in [0.5, 0.6) is 0 Å². The summed E-state index contributed by atoms with van der Waals surface area (Å²) >= 11 is 0. The molecule has 0 aliphatic rings. The number of hydrogen-bond donors (Lipinski definition) is 1. The Morgan fingerprint density at radius 2 is 2.13 bits per heavy atom. The highest BCUT2D eigenvalue weighted by Gasteiger charge is 2.10. The van der Waals surface area contributed by atoms with Gasteiger partial charge in [0.25, 0.3) is 5.56 Å². The molecule has 6 nitrogen and oxygen atoms in total. The first-order valence-electron chi connectivity index (χ1n) is 7.77. The standard InChI is InChI=1S/C17H23N3O3/c1-12(11-23-3)18-16(21)9-6-10-20-13(2)19-15-8-5-4-7-14(15)17(20)22/h4-5,7-8,12H,6,9-11H2,1-3H3,(H,18,21). The average Bonchev–Trinajstić information content (AvgIpc) is 2.50. The van der Waals surface area contributed by atoms with E-state index in [-0.39, 0.29) is 17.5 Å². The van der Waals surface area contributed by atoms with Crippen molar-refractivity contribution in [1.29, 1.82) is 0 Å². The number of methoxy groups -OCH3 is 1. The number of rotatable bonds is 7. The van der Waals surface area contributed by atoms with Crippen LogP contribution in [-0.4, -0.2) is 35.2 Å². The average molecular weight is 317 g/mol. The molecule has 124 valence electrons. The SMILES string of the molecule is COCC(C)NC(=O)CCCn1c(C)nc2ccccc2c1=O. The van der Waals surface area contributed by atoms with Gasteiger partial charge in [0.05, 0.1) is 17.5 Å². The van der Waals surface area contributed by atoms with Crippen LogP contribution in [0.1, 0.15) is 25.6 Å². The van der Waals surface area contributed by atoms with Crippen LogP contribution < -0.4 is 10.9 Å². The topological polar surface area (TPSA) is 73.2 Å². The summed E-state index contributed by atoms with van der Waals surface area (Å²) in [6.45, 7) is 4.67. The third kappa shape index (κ3) is 4.39. The molecule has 0 spiro atoms. The van der Waals surface area contributed by atoms with Crippen molar-refractivity contribution in [2.24, 2.45) is 0 Å². The number of benzene rings is 1. The molecule has 1 unspecified atom stereocenters. The maximum absolute atomic E-state index is 12.5. The maximum atomic E-state index is 12.5. The molecule has 6 heteroatoms. The zero-order valence-electron chi connectivity index (χ0n) is 13.8. The number of aryl methyl sites for hydroxylation is 1. The first-order valence-corrected chi connectivity index (χ1v) is 7.77. The van der Waals surface area contributed by atoms with Gasteiger partial charge in [0.1, 0.15) is 5.82 Å². The van der Waals surface area contributed by atoms with Crippen LogP contribution in [0.25, 0.3) is 10.9 Å². The van der Waals surface area contributed by atoms with Gasteiger partial charge in [-0.2, -0.15) is 0 Å². The summed E-state index contributed by atoms with van der Waals surface area (Å²) in [7, 11) is 1.60. The smallest absolute Gasteiger partial charge is 0.261 e. The summed E-state index contributed by atoms with van der Waals surface area (Å²) in [5.74, 6) is 0.635. The van der Waals surface area contributed by atoms with Gasteiger partial charge in [-0.15, -0.1) is 0 Å². The fourth-order valence-corrected chi connectivity index (χ4v) is 2.58. The lowest BCUT2D eigenvalue weighted by atomic mass is 10.2. The normalized spacial score (nSPS) is 12.3.